The number of benzene rings is 3. The molecule has 4 aromatic rings. The molecule has 13 heteroatoms. The van der Waals surface area contributed by atoms with Gasteiger partial charge in [0.15, 0.2) is 18.1 Å². The topological polar surface area (TPSA) is 118 Å². The van der Waals surface area contributed by atoms with Crippen molar-refractivity contribution in [3.05, 3.63) is 98.5 Å². The van der Waals surface area contributed by atoms with Gasteiger partial charge < -0.3 is 19.8 Å². The van der Waals surface area contributed by atoms with Gasteiger partial charge in [-0.1, -0.05) is 29.2 Å². The molecule has 2 aliphatic rings. The van der Waals surface area contributed by atoms with Crippen molar-refractivity contribution in [3.63, 3.8) is 0 Å². The van der Waals surface area contributed by atoms with Crippen LogP contribution >= 0.6 is 23.1 Å². The molecule has 0 aliphatic carbocycles. The Hall–Kier alpha value is -4.49. The number of fused-ring (bicyclic) bond motifs is 2. The van der Waals surface area contributed by atoms with Crippen molar-refractivity contribution in [3.8, 4) is 11.5 Å². The number of ether oxygens (including phenoxy) is 2. The van der Waals surface area contributed by atoms with E-state index >= 15 is 0 Å². The zero-order valence-corrected chi connectivity index (χ0v) is 24.1. The van der Waals surface area contributed by atoms with Gasteiger partial charge in [-0.05, 0) is 73.2 Å². The zero-order valence-electron chi connectivity index (χ0n) is 22.5. The lowest BCUT2D eigenvalue weighted by atomic mass is 9.83. The van der Waals surface area contributed by atoms with Crippen LogP contribution < -0.4 is 24.6 Å². The lowest BCUT2D eigenvalue weighted by molar-refractivity contribution is -0.122. The summed E-state index contributed by atoms with van der Waals surface area (Å²) in [5, 5.41) is 2.32. The maximum Gasteiger partial charge on any atom is 0.305 e. The minimum Gasteiger partial charge on any atom is -0.490 e. The van der Waals surface area contributed by atoms with E-state index in [0.717, 1.165) is 28.0 Å². The molecule has 43 heavy (non-hydrogen) atoms. The number of hydrogen-bond donors (Lipinski definition) is 2. The van der Waals surface area contributed by atoms with Crippen molar-refractivity contribution in [2.45, 2.75) is 23.1 Å². The summed E-state index contributed by atoms with van der Waals surface area (Å²) in [5.74, 6) is -3.23. The highest BCUT2D eigenvalue weighted by molar-refractivity contribution is 8.00. The molecule has 3 heterocycles. The fourth-order valence-corrected chi connectivity index (χ4v) is 7.72. The van der Waals surface area contributed by atoms with Crippen LogP contribution in [-0.2, 0) is 14.4 Å². The highest BCUT2D eigenvalue weighted by Gasteiger charge is 2.56. The van der Waals surface area contributed by atoms with Crippen molar-refractivity contribution in [2.24, 2.45) is 5.92 Å². The molecule has 1 aromatic heterocycles. The maximum atomic E-state index is 13.9. The molecule has 0 bridgehead atoms. The highest BCUT2D eigenvalue weighted by Crippen LogP contribution is 2.53. The Morgan fingerprint density at radius 2 is 1.63 bits per heavy atom. The molecule has 6 rings (SSSR count). The number of aromatic amines is 1. The van der Waals surface area contributed by atoms with Gasteiger partial charge in [-0.25, -0.2) is 13.7 Å². The molecule has 220 valence electrons. The number of H-pyrrole nitrogens is 1. The molecule has 0 saturated carbocycles. The van der Waals surface area contributed by atoms with Crippen LogP contribution in [-0.4, -0.2) is 41.2 Å². The van der Waals surface area contributed by atoms with E-state index in [0.29, 0.717) is 26.9 Å². The fraction of sp³-hybridized carbons (Fsp3) is 0.200. The summed E-state index contributed by atoms with van der Waals surface area (Å²) in [6.45, 7) is 1.69. The van der Waals surface area contributed by atoms with Crippen molar-refractivity contribution in [2.75, 3.05) is 23.4 Å². The Morgan fingerprint density at radius 3 is 2.33 bits per heavy atom. The Bertz CT molecular complexity index is 1770. The van der Waals surface area contributed by atoms with Crippen LogP contribution in [0.25, 0.3) is 0 Å². The first kappa shape index (κ1) is 28.6. The highest BCUT2D eigenvalue weighted by atomic mass is 32.2. The summed E-state index contributed by atoms with van der Waals surface area (Å²) < 4.78 is 38.3. The maximum absolute atomic E-state index is 13.9. The number of aromatic nitrogens is 1. The average molecular weight is 624 g/mol. The number of rotatable bonds is 8. The molecule has 2 N–H and O–H groups in total. The van der Waals surface area contributed by atoms with E-state index in [-0.39, 0.29) is 29.5 Å². The number of carbonyl (C=O) groups is 3. The normalized spacial score (nSPS) is 19.1. The number of amides is 3. The van der Waals surface area contributed by atoms with Crippen molar-refractivity contribution >= 4 is 52.2 Å². The Kier molecular flexibility index (Phi) is 7.75. The van der Waals surface area contributed by atoms with Crippen molar-refractivity contribution in [1.82, 2.24) is 4.98 Å². The van der Waals surface area contributed by atoms with E-state index in [1.165, 1.54) is 48.5 Å². The average Bonchev–Trinajstić information content (AvgIpc) is 3.48. The predicted octanol–water partition coefficient (Wildman–Crippen LogP) is 4.93. The smallest absolute Gasteiger partial charge is 0.305 e. The van der Waals surface area contributed by atoms with E-state index in [9.17, 15) is 28.0 Å². The standard InChI is InChI=1S/C30H23F2N3O6S2/c1-2-40-21-13-15(3-12-20(21)41-14-22(36)33-18-8-4-16(31)5-9-18)23-24-26(42-27-25(23)43-30(39)34-27)29(38)35(28(24)37)19-10-6-17(32)7-11-19/h3-13,23-24,26H,2,14H2,1H3,(H,33,36)(H,34,39)/t23-,24?,26?/m1/s1. The fourth-order valence-electron chi connectivity index (χ4n) is 5.20. The summed E-state index contributed by atoms with van der Waals surface area (Å²) in [6.07, 6.45) is 0. The lowest BCUT2D eigenvalue weighted by Crippen LogP contribution is -2.32. The number of nitrogens with zero attached hydrogens (tertiary/aromatic N) is 1. The van der Waals surface area contributed by atoms with Gasteiger partial charge in [0.25, 0.3) is 5.91 Å². The first-order valence-corrected chi connectivity index (χ1v) is 14.9. The monoisotopic (exact) mass is 623 g/mol. The number of nitrogens with one attached hydrogen (secondary N) is 2. The number of halogens is 2. The molecule has 2 unspecified atom stereocenters. The number of hydrogen-bond acceptors (Lipinski definition) is 8. The van der Waals surface area contributed by atoms with Crippen molar-refractivity contribution < 1.29 is 32.6 Å². The van der Waals surface area contributed by atoms with Gasteiger partial charge in [0.05, 0.1) is 23.2 Å². The third-order valence-electron chi connectivity index (χ3n) is 7.02. The van der Waals surface area contributed by atoms with Gasteiger partial charge in [0.1, 0.15) is 16.9 Å². The van der Waals surface area contributed by atoms with Crippen LogP contribution in [0.2, 0.25) is 0 Å². The second-order valence-electron chi connectivity index (χ2n) is 9.72. The molecule has 9 nitrogen and oxygen atoms in total. The third-order valence-corrected chi connectivity index (χ3v) is 9.42. The first-order valence-electron chi connectivity index (χ1n) is 13.2. The molecule has 3 aromatic carbocycles. The van der Waals surface area contributed by atoms with Gasteiger partial charge in [-0.15, -0.1) is 0 Å². The van der Waals surface area contributed by atoms with Gasteiger partial charge >= 0.3 is 4.87 Å². The quantitative estimate of drug-likeness (QED) is 0.268. The summed E-state index contributed by atoms with van der Waals surface area (Å²) in [7, 11) is 0. The summed E-state index contributed by atoms with van der Waals surface area (Å²) in [5.41, 5.74) is 1.28. The van der Waals surface area contributed by atoms with E-state index in [4.69, 9.17) is 9.47 Å². The minimum absolute atomic E-state index is 0.264. The number of imide groups is 1. The van der Waals surface area contributed by atoms with Crippen LogP contribution in [0, 0.1) is 17.6 Å². The van der Waals surface area contributed by atoms with Crippen LogP contribution in [0.1, 0.15) is 23.3 Å². The predicted molar refractivity (Wildman–Crippen MR) is 157 cm³/mol. The summed E-state index contributed by atoms with van der Waals surface area (Å²) in [4.78, 5) is 56.4. The molecular weight excluding hydrogens is 600 g/mol. The molecule has 0 spiro atoms. The molecule has 3 amide bonds. The molecule has 0 radical (unpaired) electrons. The lowest BCUT2D eigenvalue weighted by Gasteiger charge is -2.30. The molecule has 2 aliphatic heterocycles. The Morgan fingerprint density at radius 1 is 0.930 bits per heavy atom. The van der Waals surface area contributed by atoms with Gasteiger partial charge in [-0.3, -0.25) is 19.2 Å². The molecule has 1 saturated heterocycles. The van der Waals surface area contributed by atoms with E-state index in [2.05, 4.69) is 10.3 Å². The third kappa shape index (κ3) is 5.53. The van der Waals surface area contributed by atoms with Gasteiger partial charge in [0.2, 0.25) is 11.8 Å². The molecular formula is C30H23F2N3O6S2. The zero-order chi connectivity index (χ0) is 30.2. The van der Waals surface area contributed by atoms with Crippen LogP contribution in [0.4, 0.5) is 20.2 Å². The van der Waals surface area contributed by atoms with Crippen LogP contribution in [0.3, 0.4) is 0 Å². The van der Waals surface area contributed by atoms with Crippen LogP contribution in [0.5, 0.6) is 11.5 Å². The number of carbonyl (C=O) groups excluding carboxylic acids is 3. The number of anilines is 2. The molecule has 3 atom stereocenters. The SMILES string of the molecule is CCOc1cc([C@H]2c3sc(=O)[nH]c3SC3C(=O)N(c4ccc(F)cc4)C(=O)C32)ccc1OCC(=O)Nc1ccc(F)cc1. The second-order valence-corrected chi connectivity index (χ2v) is 11.9. The van der Waals surface area contributed by atoms with Crippen molar-refractivity contribution in [1.29, 1.82) is 0 Å². The van der Waals surface area contributed by atoms with E-state index in [1.807, 2.05) is 0 Å². The number of thioether (sulfide) groups is 1. The minimum atomic E-state index is -0.843. The second kappa shape index (κ2) is 11.7. The van der Waals surface area contributed by atoms with Crippen LogP contribution in [0.15, 0.2) is 76.6 Å². The van der Waals surface area contributed by atoms with Gasteiger partial charge in [-0.2, -0.15) is 0 Å². The largest absolute Gasteiger partial charge is 0.490 e. The summed E-state index contributed by atoms with van der Waals surface area (Å²) >= 11 is 2.11. The summed E-state index contributed by atoms with van der Waals surface area (Å²) in [6, 6.07) is 15.4. The van der Waals surface area contributed by atoms with Gasteiger partial charge in [0, 0.05) is 16.5 Å². The number of thiazole rings is 1. The Labute approximate surface area is 251 Å². The first-order chi connectivity index (χ1) is 20.7. The molecule has 1 fully saturated rings. The van der Waals surface area contributed by atoms with E-state index in [1.54, 1.807) is 25.1 Å². The van der Waals surface area contributed by atoms with E-state index < -0.39 is 46.4 Å². The Balaban J connectivity index is 1.31.